The van der Waals surface area contributed by atoms with Gasteiger partial charge in [0.2, 0.25) is 5.91 Å². The number of rotatable bonds is 9. The highest BCUT2D eigenvalue weighted by Crippen LogP contribution is 2.23. The second-order valence-corrected chi connectivity index (χ2v) is 7.87. The Balaban J connectivity index is 1.47. The summed E-state index contributed by atoms with van der Waals surface area (Å²) in [6.07, 6.45) is 1.89. The van der Waals surface area contributed by atoms with Crippen LogP contribution in [0.3, 0.4) is 0 Å². The summed E-state index contributed by atoms with van der Waals surface area (Å²) in [7, 11) is 0. The van der Waals surface area contributed by atoms with Crippen molar-refractivity contribution in [2.75, 3.05) is 30.8 Å². The molecule has 1 saturated heterocycles. The van der Waals surface area contributed by atoms with Gasteiger partial charge in [-0.15, -0.1) is 11.8 Å². The molecular formula is C22H23FN2O5S. The Morgan fingerprint density at radius 1 is 1.10 bits per heavy atom. The van der Waals surface area contributed by atoms with Crippen LogP contribution in [0.4, 0.5) is 10.1 Å². The first kappa shape index (κ1) is 22.8. The first-order valence-corrected chi connectivity index (χ1v) is 10.8. The minimum absolute atomic E-state index is 0.0119. The van der Waals surface area contributed by atoms with Crippen LogP contribution in [-0.2, 0) is 19.1 Å². The van der Waals surface area contributed by atoms with E-state index in [-0.39, 0.29) is 29.1 Å². The first-order valence-electron chi connectivity index (χ1n) is 9.84. The molecule has 1 atom stereocenters. The molecule has 2 aromatic carbocycles. The summed E-state index contributed by atoms with van der Waals surface area (Å²) < 4.78 is 23.5. The van der Waals surface area contributed by atoms with E-state index in [1.165, 1.54) is 24.3 Å². The molecule has 0 aromatic heterocycles. The van der Waals surface area contributed by atoms with Gasteiger partial charge in [-0.1, -0.05) is 12.1 Å². The molecule has 0 aliphatic carbocycles. The summed E-state index contributed by atoms with van der Waals surface area (Å²) in [5.41, 5.74) is 0.753. The standard InChI is InChI=1S/C22H23FN2O5S/c23-15-7-9-16(10-8-15)25-21(27)14-31-19-6-2-1-5-18(19)22(28)30-13-20(26)24-12-17-4-3-11-29-17/h1-2,5-10,17H,3-4,11-14H2,(H,24,26)(H,25,27)/t17-/m0/s1. The predicted octanol–water partition coefficient (Wildman–Crippen LogP) is 3.01. The van der Waals surface area contributed by atoms with Gasteiger partial charge in [0.05, 0.1) is 17.4 Å². The number of anilines is 1. The SMILES string of the molecule is O=C(COC(=O)c1ccccc1SCC(=O)Nc1ccc(F)cc1)NC[C@@H]1CCCO1. The number of amides is 2. The average Bonchev–Trinajstić information content (AvgIpc) is 3.30. The smallest absolute Gasteiger partial charge is 0.339 e. The van der Waals surface area contributed by atoms with Crippen molar-refractivity contribution in [3.8, 4) is 0 Å². The molecule has 0 spiro atoms. The van der Waals surface area contributed by atoms with Gasteiger partial charge in [0.15, 0.2) is 6.61 Å². The number of nitrogens with one attached hydrogen (secondary N) is 2. The molecule has 7 nitrogen and oxygen atoms in total. The predicted molar refractivity (Wildman–Crippen MR) is 114 cm³/mol. The molecule has 0 unspecified atom stereocenters. The molecular weight excluding hydrogens is 423 g/mol. The number of carbonyl (C=O) groups is 3. The van der Waals surface area contributed by atoms with Gasteiger partial charge in [-0.3, -0.25) is 9.59 Å². The van der Waals surface area contributed by atoms with E-state index in [4.69, 9.17) is 9.47 Å². The zero-order chi connectivity index (χ0) is 22.1. The van der Waals surface area contributed by atoms with E-state index in [1.54, 1.807) is 24.3 Å². The first-order chi connectivity index (χ1) is 15.0. The van der Waals surface area contributed by atoms with E-state index in [9.17, 15) is 18.8 Å². The molecule has 31 heavy (non-hydrogen) atoms. The Kier molecular flexibility index (Phi) is 8.43. The minimum Gasteiger partial charge on any atom is -0.452 e. The van der Waals surface area contributed by atoms with Gasteiger partial charge in [0.25, 0.3) is 5.91 Å². The van der Waals surface area contributed by atoms with E-state index in [0.717, 1.165) is 24.6 Å². The highest BCUT2D eigenvalue weighted by molar-refractivity contribution is 8.00. The lowest BCUT2D eigenvalue weighted by molar-refractivity contribution is -0.124. The fourth-order valence-corrected chi connectivity index (χ4v) is 3.77. The van der Waals surface area contributed by atoms with Gasteiger partial charge in [-0.2, -0.15) is 0 Å². The van der Waals surface area contributed by atoms with Gasteiger partial charge >= 0.3 is 5.97 Å². The third-order valence-electron chi connectivity index (χ3n) is 4.48. The lowest BCUT2D eigenvalue weighted by Gasteiger charge is -2.12. The van der Waals surface area contributed by atoms with Crippen LogP contribution in [-0.4, -0.2) is 49.4 Å². The molecule has 1 aliphatic rings. The number of ether oxygens (including phenoxy) is 2. The van der Waals surface area contributed by atoms with Gasteiger partial charge in [0.1, 0.15) is 5.82 Å². The molecule has 3 rings (SSSR count). The number of esters is 1. The highest BCUT2D eigenvalue weighted by Gasteiger charge is 2.18. The number of halogens is 1. The number of hydrogen-bond acceptors (Lipinski definition) is 6. The van der Waals surface area contributed by atoms with E-state index in [1.807, 2.05) is 0 Å². The van der Waals surface area contributed by atoms with Crippen molar-refractivity contribution < 1.29 is 28.2 Å². The van der Waals surface area contributed by atoms with Crippen LogP contribution < -0.4 is 10.6 Å². The van der Waals surface area contributed by atoms with Crippen LogP contribution in [0, 0.1) is 5.82 Å². The maximum atomic E-state index is 12.9. The van der Waals surface area contributed by atoms with Gasteiger partial charge in [-0.25, -0.2) is 9.18 Å². The summed E-state index contributed by atoms with van der Waals surface area (Å²) >= 11 is 1.16. The second-order valence-electron chi connectivity index (χ2n) is 6.86. The average molecular weight is 447 g/mol. The van der Waals surface area contributed by atoms with Crippen LogP contribution in [0.1, 0.15) is 23.2 Å². The molecule has 0 bridgehead atoms. The van der Waals surface area contributed by atoms with E-state index >= 15 is 0 Å². The van der Waals surface area contributed by atoms with Crippen LogP contribution >= 0.6 is 11.8 Å². The zero-order valence-corrected chi connectivity index (χ0v) is 17.6. The third kappa shape index (κ3) is 7.37. The van der Waals surface area contributed by atoms with Crippen LogP contribution in [0.5, 0.6) is 0 Å². The molecule has 1 aliphatic heterocycles. The number of thioether (sulfide) groups is 1. The Morgan fingerprint density at radius 3 is 2.61 bits per heavy atom. The number of hydrogen-bond donors (Lipinski definition) is 2. The van der Waals surface area contributed by atoms with Crippen LogP contribution in [0.25, 0.3) is 0 Å². The Bertz CT molecular complexity index is 916. The van der Waals surface area contributed by atoms with Crippen molar-refractivity contribution >= 4 is 35.2 Å². The van der Waals surface area contributed by atoms with Gasteiger partial charge in [0, 0.05) is 23.7 Å². The molecule has 2 N–H and O–H groups in total. The maximum absolute atomic E-state index is 12.9. The fraction of sp³-hybridized carbons (Fsp3) is 0.318. The van der Waals surface area contributed by atoms with E-state index < -0.39 is 18.5 Å². The second kappa shape index (κ2) is 11.5. The topological polar surface area (TPSA) is 93.7 Å². The molecule has 1 heterocycles. The molecule has 2 amide bonds. The zero-order valence-electron chi connectivity index (χ0n) is 16.8. The van der Waals surface area contributed by atoms with Gasteiger partial charge < -0.3 is 20.1 Å². The lowest BCUT2D eigenvalue weighted by atomic mass is 10.2. The quantitative estimate of drug-likeness (QED) is 0.454. The summed E-state index contributed by atoms with van der Waals surface area (Å²) in [5, 5.41) is 5.35. The van der Waals surface area contributed by atoms with Crippen molar-refractivity contribution in [2.24, 2.45) is 0 Å². The Labute approximate surface area is 183 Å². The van der Waals surface area contributed by atoms with Crippen LogP contribution in [0.15, 0.2) is 53.4 Å². The molecule has 0 saturated carbocycles. The minimum atomic E-state index is -0.644. The summed E-state index contributed by atoms with van der Waals surface area (Å²) in [5.74, 6) is -1.68. The largest absolute Gasteiger partial charge is 0.452 e. The highest BCUT2D eigenvalue weighted by atomic mass is 32.2. The molecule has 1 fully saturated rings. The Morgan fingerprint density at radius 2 is 1.87 bits per heavy atom. The maximum Gasteiger partial charge on any atom is 0.339 e. The van der Waals surface area contributed by atoms with Gasteiger partial charge in [-0.05, 0) is 49.2 Å². The Hall–Kier alpha value is -2.91. The number of benzene rings is 2. The normalized spacial score (nSPS) is 15.3. The molecule has 2 aromatic rings. The molecule has 9 heteroatoms. The lowest BCUT2D eigenvalue weighted by Crippen LogP contribution is -2.34. The summed E-state index contributed by atoms with van der Waals surface area (Å²) in [6.45, 7) is 0.702. The van der Waals surface area contributed by atoms with E-state index in [2.05, 4.69) is 10.6 Å². The van der Waals surface area contributed by atoms with Crippen molar-refractivity contribution in [3.05, 3.63) is 59.9 Å². The third-order valence-corrected chi connectivity index (χ3v) is 5.55. The molecule has 164 valence electrons. The van der Waals surface area contributed by atoms with Crippen molar-refractivity contribution in [2.45, 2.75) is 23.8 Å². The number of carbonyl (C=O) groups excluding carboxylic acids is 3. The fourth-order valence-electron chi connectivity index (χ4n) is 2.93. The summed E-state index contributed by atoms with van der Waals surface area (Å²) in [4.78, 5) is 37.0. The van der Waals surface area contributed by atoms with Crippen molar-refractivity contribution in [3.63, 3.8) is 0 Å². The molecule has 0 radical (unpaired) electrons. The van der Waals surface area contributed by atoms with Crippen LogP contribution in [0.2, 0.25) is 0 Å². The van der Waals surface area contributed by atoms with Crippen molar-refractivity contribution in [1.29, 1.82) is 0 Å². The van der Waals surface area contributed by atoms with E-state index in [0.29, 0.717) is 23.7 Å². The van der Waals surface area contributed by atoms with Crippen molar-refractivity contribution in [1.82, 2.24) is 5.32 Å². The monoisotopic (exact) mass is 446 g/mol. The summed E-state index contributed by atoms with van der Waals surface area (Å²) in [6, 6.07) is 12.1.